The molecule has 0 spiro atoms. The highest BCUT2D eigenvalue weighted by Gasteiger charge is 2.12. The molecule has 1 unspecified atom stereocenters. The lowest BCUT2D eigenvalue weighted by atomic mass is 9.92. The molecule has 0 radical (unpaired) electrons. The SMILES string of the molecule is CCNC(CCCC(CC)CC)C(C)C. The summed E-state index contributed by atoms with van der Waals surface area (Å²) in [6.45, 7) is 12.6. The average Bonchev–Trinajstić information content (AvgIpc) is 2.22. The van der Waals surface area contributed by atoms with Crippen LogP contribution in [0.5, 0.6) is 0 Å². The van der Waals surface area contributed by atoms with Gasteiger partial charge in [0.2, 0.25) is 0 Å². The Morgan fingerprint density at radius 2 is 1.53 bits per heavy atom. The second-order valence-electron chi connectivity index (χ2n) is 5.02. The maximum Gasteiger partial charge on any atom is 0.00899 e. The molecule has 1 nitrogen and oxygen atoms in total. The lowest BCUT2D eigenvalue weighted by Crippen LogP contribution is -2.33. The van der Waals surface area contributed by atoms with Gasteiger partial charge in [0.25, 0.3) is 0 Å². The van der Waals surface area contributed by atoms with E-state index in [9.17, 15) is 0 Å². The van der Waals surface area contributed by atoms with Crippen LogP contribution < -0.4 is 5.32 Å². The standard InChI is InChI=1S/C14H31N/c1-6-13(7-2)10-9-11-14(12(4)5)15-8-3/h12-15H,6-11H2,1-5H3. The van der Waals surface area contributed by atoms with E-state index >= 15 is 0 Å². The minimum Gasteiger partial charge on any atom is -0.314 e. The van der Waals surface area contributed by atoms with Gasteiger partial charge in [0.15, 0.2) is 0 Å². The number of hydrogen-bond acceptors (Lipinski definition) is 1. The second-order valence-corrected chi connectivity index (χ2v) is 5.02. The molecule has 0 saturated heterocycles. The molecule has 1 heteroatoms. The summed E-state index contributed by atoms with van der Waals surface area (Å²) in [5.41, 5.74) is 0. The van der Waals surface area contributed by atoms with E-state index in [1.165, 1.54) is 32.1 Å². The number of hydrogen-bond donors (Lipinski definition) is 1. The maximum atomic E-state index is 3.59. The van der Waals surface area contributed by atoms with Gasteiger partial charge in [-0.1, -0.05) is 60.3 Å². The monoisotopic (exact) mass is 213 g/mol. The van der Waals surface area contributed by atoms with Crippen LogP contribution in [0.1, 0.15) is 66.7 Å². The van der Waals surface area contributed by atoms with Gasteiger partial charge in [-0.2, -0.15) is 0 Å². The molecule has 0 aromatic carbocycles. The summed E-state index contributed by atoms with van der Waals surface area (Å²) in [4.78, 5) is 0. The lowest BCUT2D eigenvalue weighted by molar-refractivity contribution is 0.349. The Labute approximate surface area is 97.0 Å². The van der Waals surface area contributed by atoms with E-state index in [2.05, 4.69) is 39.9 Å². The highest BCUT2D eigenvalue weighted by molar-refractivity contribution is 4.70. The summed E-state index contributed by atoms with van der Waals surface area (Å²) in [5, 5.41) is 3.59. The zero-order chi connectivity index (χ0) is 11.7. The smallest absolute Gasteiger partial charge is 0.00899 e. The van der Waals surface area contributed by atoms with E-state index in [0.29, 0.717) is 0 Å². The van der Waals surface area contributed by atoms with Gasteiger partial charge in [-0.25, -0.2) is 0 Å². The van der Waals surface area contributed by atoms with Crippen LogP contribution >= 0.6 is 0 Å². The summed E-state index contributed by atoms with van der Waals surface area (Å²) in [6, 6.07) is 0.726. The quantitative estimate of drug-likeness (QED) is 0.604. The lowest BCUT2D eigenvalue weighted by Gasteiger charge is -2.22. The van der Waals surface area contributed by atoms with E-state index < -0.39 is 0 Å². The van der Waals surface area contributed by atoms with Crippen molar-refractivity contribution in [2.75, 3.05) is 6.54 Å². The Bertz CT molecular complexity index is 127. The molecule has 92 valence electrons. The first-order valence-corrected chi connectivity index (χ1v) is 6.88. The normalized spacial score (nSPS) is 13.8. The van der Waals surface area contributed by atoms with Crippen molar-refractivity contribution in [3.8, 4) is 0 Å². The molecule has 0 aliphatic heterocycles. The Kier molecular flexibility index (Phi) is 9.18. The molecule has 1 N–H and O–H groups in total. The predicted molar refractivity (Wildman–Crippen MR) is 70.2 cm³/mol. The van der Waals surface area contributed by atoms with E-state index in [1.54, 1.807) is 0 Å². The Balaban J connectivity index is 3.69. The summed E-state index contributed by atoms with van der Waals surface area (Å²) >= 11 is 0. The predicted octanol–water partition coefficient (Wildman–Crippen LogP) is 4.23. The Morgan fingerprint density at radius 3 is 1.93 bits per heavy atom. The topological polar surface area (TPSA) is 12.0 Å². The fourth-order valence-electron chi connectivity index (χ4n) is 2.26. The van der Waals surface area contributed by atoms with Crippen molar-refractivity contribution in [2.45, 2.75) is 72.8 Å². The van der Waals surface area contributed by atoms with E-state index in [4.69, 9.17) is 0 Å². The maximum absolute atomic E-state index is 3.59. The third-order valence-electron chi connectivity index (χ3n) is 3.55. The third kappa shape index (κ3) is 6.94. The van der Waals surface area contributed by atoms with Crippen LogP contribution in [0.3, 0.4) is 0 Å². The summed E-state index contributed by atoms with van der Waals surface area (Å²) in [7, 11) is 0. The van der Waals surface area contributed by atoms with Crippen LogP contribution in [0, 0.1) is 11.8 Å². The highest BCUT2D eigenvalue weighted by atomic mass is 14.9. The molecule has 0 fully saturated rings. The second kappa shape index (κ2) is 9.21. The molecular weight excluding hydrogens is 182 g/mol. The van der Waals surface area contributed by atoms with Crippen molar-refractivity contribution in [3.63, 3.8) is 0 Å². The molecule has 0 aliphatic rings. The van der Waals surface area contributed by atoms with Crippen molar-refractivity contribution in [1.29, 1.82) is 0 Å². The molecule has 0 heterocycles. The molecule has 0 bridgehead atoms. The van der Waals surface area contributed by atoms with Gasteiger partial charge in [-0.3, -0.25) is 0 Å². The van der Waals surface area contributed by atoms with Crippen molar-refractivity contribution in [2.24, 2.45) is 11.8 Å². The van der Waals surface area contributed by atoms with Gasteiger partial charge in [-0.05, 0) is 24.8 Å². The molecule has 1 atom stereocenters. The van der Waals surface area contributed by atoms with Crippen LogP contribution in [0.25, 0.3) is 0 Å². The van der Waals surface area contributed by atoms with Crippen LogP contribution in [0.2, 0.25) is 0 Å². The van der Waals surface area contributed by atoms with Gasteiger partial charge in [0.1, 0.15) is 0 Å². The summed E-state index contributed by atoms with van der Waals surface area (Å²) in [5.74, 6) is 1.73. The fourth-order valence-corrected chi connectivity index (χ4v) is 2.26. The van der Waals surface area contributed by atoms with Gasteiger partial charge in [-0.15, -0.1) is 0 Å². The average molecular weight is 213 g/mol. The van der Waals surface area contributed by atoms with Crippen molar-refractivity contribution in [1.82, 2.24) is 5.32 Å². The Hall–Kier alpha value is -0.0400. The number of rotatable bonds is 9. The van der Waals surface area contributed by atoms with Crippen LogP contribution in [-0.2, 0) is 0 Å². The fraction of sp³-hybridized carbons (Fsp3) is 1.00. The molecule has 0 rings (SSSR count). The van der Waals surface area contributed by atoms with Gasteiger partial charge in [0.05, 0.1) is 0 Å². The van der Waals surface area contributed by atoms with E-state index in [-0.39, 0.29) is 0 Å². The van der Waals surface area contributed by atoms with Crippen LogP contribution in [-0.4, -0.2) is 12.6 Å². The largest absolute Gasteiger partial charge is 0.314 e. The van der Waals surface area contributed by atoms with Gasteiger partial charge >= 0.3 is 0 Å². The van der Waals surface area contributed by atoms with Crippen molar-refractivity contribution >= 4 is 0 Å². The van der Waals surface area contributed by atoms with Crippen molar-refractivity contribution < 1.29 is 0 Å². The number of nitrogens with one attached hydrogen (secondary N) is 1. The zero-order valence-corrected chi connectivity index (χ0v) is 11.5. The van der Waals surface area contributed by atoms with E-state index in [1.807, 2.05) is 0 Å². The Morgan fingerprint density at radius 1 is 0.933 bits per heavy atom. The molecule has 0 saturated carbocycles. The summed E-state index contributed by atoms with van der Waals surface area (Å²) < 4.78 is 0. The van der Waals surface area contributed by atoms with E-state index in [0.717, 1.165) is 24.4 Å². The minimum atomic E-state index is 0.726. The van der Waals surface area contributed by atoms with Gasteiger partial charge in [0, 0.05) is 6.04 Å². The summed E-state index contributed by atoms with van der Waals surface area (Å²) in [6.07, 6.45) is 6.86. The zero-order valence-electron chi connectivity index (χ0n) is 11.5. The minimum absolute atomic E-state index is 0.726. The molecule has 15 heavy (non-hydrogen) atoms. The first-order chi connectivity index (χ1) is 7.15. The van der Waals surface area contributed by atoms with Crippen LogP contribution in [0.15, 0.2) is 0 Å². The molecule has 0 amide bonds. The third-order valence-corrected chi connectivity index (χ3v) is 3.55. The first kappa shape index (κ1) is 15.0. The highest BCUT2D eigenvalue weighted by Crippen LogP contribution is 2.18. The van der Waals surface area contributed by atoms with Crippen LogP contribution in [0.4, 0.5) is 0 Å². The molecular formula is C14H31N. The van der Waals surface area contributed by atoms with Gasteiger partial charge < -0.3 is 5.32 Å². The molecule has 0 aliphatic carbocycles. The molecule has 0 aromatic heterocycles. The van der Waals surface area contributed by atoms with Crippen molar-refractivity contribution in [3.05, 3.63) is 0 Å². The molecule has 0 aromatic rings. The first-order valence-electron chi connectivity index (χ1n) is 6.88.